The Balaban J connectivity index is 1.91. The third-order valence-corrected chi connectivity index (χ3v) is 6.41. The number of carbonyl (C=O) groups is 3. The molecular weight excluding hydrogens is 436 g/mol. The van der Waals surface area contributed by atoms with Gasteiger partial charge in [0.15, 0.2) is 5.60 Å². The molecule has 0 radical (unpaired) electrons. The van der Waals surface area contributed by atoms with Crippen molar-refractivity contribution in [2.75, 3.05) is 21.3 Å². The van der Waals surface area contributed by atoms with Crippen LogP contribution < -0.4 is 0 Å². The molecule has 7 nitrogen and oxygen atoms in total. The fourth-order valence-electron chi connectivity index (χ4n) is 4.83. The van der Waals surface area contributed by atoms with Gasteiger partial charge in [-0.3, -0.25) is 9.59 Å². The highest BCUT2D eigenvalue weighted by Gasteiger charge is 2.87. The first-order chi connectivity index (χ1) is 16.5. The molecule has 2 aromatic rings. The summed E-state index contributed by atoms with van der Waals surface area (Å²) in [6.07, 6.45) is 2.11. The van der Waals surface area contributed by atoms with E-state index < -0.39 is 46.9 Å². The van der Waals surface area contributed by atoms with E-state index in [0.29, 0.717) is 5.56 Å². The summed E-state index contributed by atoms with van der Waals surface area (Å²) >= 11 is 0. The molecule has 2 fully saturated rings. The molecule has 0 spiro atoms. The zero-order chi connectivity index (χ0) is 24.3. The van der Waals surface area contributed by atoms with Crippen LogP contribution in [0.1, 0.15) is 11.1 Å². The van der Waals surface area contributed by atoms with E-state index in [2.05, 4.69) is 11.8 Å². The van der Waals surface area contributed by atoms with Gasteiger partial charge in [-0.2, -0.15) is 0 Å². The summed E-state index contributed by atoms with van der Waals surface area (Å²) in [6.45, 7) is 0. The maximum absolute atomic E-state index is 12.9. The Morgan fingerprint density at radius 1 is 0.853 bits per heavy atom. The van der Waals surface area contributed by atoms with Gasteiger partial charge in [0.05, 0.1) is 38.6 Å². The quantitative estimate of drug-likeness (QED) is 0.215. The van der Waals surface area contributed by atoms with Gasteiger partial charge in [-0.05, 0) is 23.8 Å². The van der Waals surface area contributed by atoms with Crippen molar-refractivity contribution in [1.29, 1.82) is 0 Å². The van der Waals surface area contributed by atoms with Gasteiger partial charge in [-0.25, -0.2) is 4.79 Å². The number of methoxy groups -OCH3 is 3. The summed E-state index contributed by atoms with van der Waals surface area (Å²) < 4.78 is 21.0. The molecule has 2 aliphatic rings. The summed E-state index contributed by atoms with van der Waals surface area (Å²) in [5.74, 6) is 2.88. The molecule has 0 N–H and O–H groups in total. The first-order valence-corrected chi connectivity index (χ1v) is 10.7. The summed E-state index contributed by atoms with van der Waals surface area (Å²) in [4.78, 5) is 37.6. The molecule has 3 unspecified atom stereocenters. The lowest BCUT2D eigenvalue weighted by molar-refractivity contribution is -0.148. The van der Waals surface area contributed by atoms with E-state index in [9.17, 15) is 14.4 Å². The van der Waals surface area contributed by atoms with E-state index in [-0.39, 0.29) is 0 Å². The Labute approximate surface area is 197 Å². The molecule has 0 aromatic heterocycles. The summed E-state index contributed by atoms with van der Waals surface area (Å²) in [5.41, 5.74) is -1.04. The smallest absolute Gasteiger partial charge is 0.330 e. The van der Waals surface area contributed by atoms with Crippen LogP contribution in [0.3, 0.4) is 0 Å². The van der Waals surface area contributed by atoms with Gasteiger partial charge in [0, 0.05) is 11.6 Å². The van der Waals surface area contributed by atoms with Gasteiger partial charge in [0.2, 0.25) is 0 Å². The van der Waals surface area contributed by atoms with Crippen molar-refractivity contribution < 1.29 is 33.3 Å². The largest absolute Gasteiger partial charge is 0.469 e. The number of carbonyl (C=O) groups excluding carboxylic acids is 3. The molecule has 4 rings (SSSR count). The van der Waals surface area contributed by atoms with E-state index >= 15 is 0 Å². The first kappa shape index (κ1) is 23.3. The molecule has 1 aliphatic heterocycles. The number of esters is 3. The van der Waals surface area contributed by atoms with Crippen LogP contribution in [0.15, 0.2) is 72.8 Å². The van der Waals surface area contributed by atoms with Crippen LogP contribution in [0.2, 0.25) is 0 Å². The zero-order valence-electron chi connectivity index (χ0n) is 19.0. The number of hydrogen-bond acceptors (Lipinski definition) is 7. The monoisotopic (exact) mass is 460 g/mol. The van der Waals surface area contributed by atoms with E-state index in [1.165, 1.54) is 33.5 Å². The van der Waals surface area contributed by atoms with E-state index in [4.69, 9.17) is 18.9 Å². The lowest BCUT2D eigenvalue weighted by Crippen LogP contribution is -2.37. The van der Waals surface area contributed by atoms with Crippen LogP contribution in [0.25, 0.3) is 0 Å². The minimum Gasteiger partial charge on any atom is -0.469 e. The van der Waals surface area contributed by atoms with Crippen LogP contribution in [-0.4, -0.2) is 50.9 Å². The molecule has 1 saturated heterocycles. The molecule has 1 heterocycles. The second-order valence-corrected chi connectivity index (χ2v) is 8.01. The van der Waals surface area contributed by atoms with Crippen molar-refractivity contribution in [2.24, 2.45) is 11.8 Å². The Hall–Kier alpha value is -3.89. The van der Waals surface area contributed by atoms with Gasteiger partial charge in [0.1, 0.15) is 6.10 Å². The minimum atomic E-state index is -1.29. The second kappa shape index (κ2) is 9.16. The Kier molecular flexibility index (Phi) is 6.27. The molecule has 1 saturated carbocycles. The topological polar surface area (TPSA) is 91.4 Å². The molecular formula is C27H24O7. The van der Waals surface area contributed by atoms with Gasteiger partial charge in [-0.1, -0.05) is 60.4 Å². The van der Waals surface area contributed by atoms with Crippen LogP contribution in [0, 0.1) is 23.7 Å². The molecule has 174 valence electrons. The number of ether oxygens (including phenoxy) is 4. The van der Waals surface area contributed by atoms with Crippen LogP contribution in [0.5, 0.6) is 0 Å². The highest BCUT2D eigenvalue weighted by molar-refractivity contribution is 5.94. The molecule has 2 aromatic carbocycles. The maximum Gasteiger partial charge on any atom is 0.330 e. The van der Waals surface area contributed by atoms with Crippen molar-refractivity contribution in [1.82, 2.24) is 0 Å². The van der Waals surface area contributed by atoms with Crippen molar-refractivity contribution >= 4 is 17.9 Å². The SMILES string of the molecule is COC(=O)/C=C\C1O[C@]1(C#Cc1ccccc1)C1(c2ccccc2)C(C(=O)OC)C1C(=O)OC. The standard InChI is InChI=1S/C27H24O7/c1-31-21(28)15-14-20-26(34-20,17-16-18-10-6-4-7-11-18)27(19-12-8-5-9-13-19)22(24(29)32-2)23(27)25(30)33-3/h4-15,20,22-23H,1-3H3/b15-14-/t20?,22?,23?,26-,27?/m0/s1. The maximum atomic E-state index is 12.9. The van der Waals surface area contributed by atoms with Crippen LogP contribution in [0.4, 0.5) is 0 Å². The zero-order valence-corrected chi connectivity index (χ0v) is 19.0. The molecule has 1 aliphatic carbocycles. The fraction of sp³-hybridized carbons (Fsp3) is 0.296. The molecule has 4 atom stereocenters. The number of hydrogen-bond donors (Lipinski definition) is 0. The minimum absolute atomic E-state index is 0.556. The summed E-state index contributed by atoms with van der Waals surface area (Å²) in [5, 5.41) is 0. The van der Waals surface area contributed by atoms with Gasteiger partial charge in [0.25, 0.3) is 0 Å². The Bertz CT molecular complexity index is 1150. The third kappa shape index (κ3) is 3.66. The number of epoxide rings is 1. The number of rotatable bonds is 6. The van der Waals surface area contributed by atoms with Gasteiger partial charge >= 0.3 is 17.9 Å². The predicted molar refractivity (Wildman–Crippen MR) is 121 cm³/mol. The van der Waals surface area contributed by atoms with Crippen molar-refractivity contribution in [3.05, 3.63) is 83.9 Å². The highest BCUT2D eigenvalue weighted by atomic mass is 16.6. The van der Waals surface area contributed by atoms with E-state index in [1.54, 1.807) is 0 Å². The van der Waals surface area contributed by atoms with Crippen LogP contribution in [-0.2, 0) is 38.7 Å². The number of benzene rings is 2. The van der Waals surface area contributed by atoms with Crippen molar-refractivity contribution in [3.63, 3.8) is 0 Å². The Morgan fingerprint density at radius 3 is 1.94 bits per heavy atom. The lowest BCUT2D eigenvalue weighted by Gasteiger charge is -2.23. The van der Waals surface area contributed by atoms with Gasteiger partial charge in [-0.15, -0.1) is 0 Å². The van der Waals surface area contributed by atoms with Crippen LogP contribution >= 0.6 is 0 Å². The second-order valence-electron chi connectivity index (χ2n) is 8.01. The van der Waals surface area contributed by atoms with Crippen molar-refractivity contribution in [3.8, 4) is 11.8 Å². The van der Waals surface area contributed by atoms with Crippen molar-refractivity contribution in [2.45, 2.75) is 17.1 Å². The first-order valence-electron chi connectivity index (χ1n) is 10.7. The van der Waals surface area contributed by atoms with Gasteiger partial charge < -0.3 is 18.9 Å². The highest BCUT2D eigenvalue weighted by Crippen LogP contribution is 2.72. The average Bonchev–Trinajstić information content (AvgIpc) is 3.79. The normalized spacial score (nSPS) is 28.9. The molecule has 7 heteroatoms. The lowest BCUT2D eigenvalue weighted by atomic mass is 9.76. The van der Waals surface area contributed by atoms with E-state index in [0.717, 1.165) is 5.56 Å². The summed E-state index contributed by atoms with van der Waals surface area (Å²) in [7, 11) is 3.82. The average molecular weight is 460 g/mol. The fourth-order valence-corrected chi connectivity index (χ4v) is 4.83. The van der Waals surface area contributed by atoms with E-state index in [1.807, 2.05) is 60.7 Å². The third-order valence-electron chi connectivity index (χ3n) is 6.41. The molecule has 34 heavy (non-hydrogen) atoms. The molecule has 0 amide bonds. The molecule has 0 bridgehead atoms. The Morgan fingerprint density at radius 2 is 1.41 bits per heavy atom. The summed E-state index contributed by atoms with van der Waals surface area (Å²) in [6, 6.07) is 18.4. The predicted octanol–water partition coefficient (Wildman–Crippen LogP) is 2.43.